The zero-order chi connectivity index (χ0) is 8.86. The van der Waals surface area contributed by atoms with Crippen LogP contribution >= 0.6 is 0 Å². The molecule has 1 saturated carbocycles. The Bertz CT molecular complexity index is 168. The van der Waals surface area contributed by atoms with Crippen LogP contribution in [0.4, 0.5) is 0 Å². The number of nitrogens with one attached hydrogen (secondary N) is 1. The lowest BCUT2D eigenvalue weighted by Crippen LogP contribution is -2.37. The lowest BCUT2D eigenvalue weighted by Gasteiger charge is -2.34. The molecule has 0 aromatic heterocycles. The average molecular weight is 168 g/mol. The number of nitrogens with zero attached hydrogens (tertiary/aromatic N) is 1. The highest BCUT2D eigenvalue weighted by Crippen LogP contribution is 2.34. The molecule has 0 aromatic carbocycles. The maximum Gasteiger partial charge on any atom is 0.176 e. The van der Waals surface area contributed by atoms with E-state index in [1.807, 2.05) is 6.19 Å². The van der Waals surface area contributed by atoms with Gasteiger partial charge in [-0.1, -0.05) is 19.3 Å². The van der Waals surface area contributed by atoms with Crippen molar-refractivity contribution >= 4 is 0 Å². The third kappa shape index (κ3) is 2.12. The minimum Gasteiger partial charge on any atom is -0.396 e. The fourth-order valence-electron chi connectivity index (χ4n) is 1.92. The molecule has 0 saturated heterocycles. The van der Waals surface area contributed by atoms with E-state index in [0.717, 1.165) is 12.8 Å². The maximum atomic E-state index is 9.22. The second kappa shape index (κ2) is 4.32. The predicted octanol–water partition coefficient (Wildman–Crippen LogP) is 1.000. The highest BCUT2D eigenvalue weighted by atomic mass is 16.3. The van der Waals surface area contributed by atoms with Gasteiger partial charge < -0.3 is 10.4 Å². The third-order valence-corrected chi connectivity index (χ3v) is 2.79. The van der Waals surface area contributed by atoms with Crippen molar-refractivity contribution in [2.75, 3.05) is 13.2 Å². The van der Waals surface area contributed by atoms with Gasteiger partial charge >= 0.3 is 0 Å². The first-order valence-corrected chi connectivity index (χ1v) is 4.56. The van der Waals surface area contributed by atoms with Crippen LogP contribution in [-0.2, 0) is 0 Å². The molecule has 0 aliphatic heterocycles. The molecule has 1 fully saturated rings. The Morgan fingerprint density at radius 1 is 1.33 bits per heavy atom. The second-order valence-electron chi connectivity index (χ2n) is 3.68. The Morgan fingerprint density at radius 2 is 2.00 bits per heavy atom. The van der Waals surface area contributed by atoms with E-state index >= 15 is 0 Å². The summed E-state index contributed by atoms with van der Waals surface area (Å²) in [4.78, 5) is 0. The minimum absolute atomic E-state index is 0.00597. The van der Waals surface area contributed by atoms with Crippen LogP contribution in [0, 0.1) is 16.9 Å². The standard InChI is InChI=1S/C9H16N2O/c10-8-11-6-9(7-12)4-2-1-3-5-9/h11-12H,1-7H2. The Kier molecular flexibility index (Phi) is 3.36. The van der Waals surface area contributed by atoms with Gasteiger partial charge in [0.15, 0.2) is 6.19 Å². The van der Waals surface area contributed by atoms with E-state index in [2.05, 4.69) is 5.32 Å². The summed E-state index contributed by atoms with van der Waals surface area (Å²) in [6, 6.07) is 0. The van der Waals surface area contributed by atoms with Crippen molar-refractivity contribution < 1.29 is 5.11 Å². The number of aliphatic hydroxyl groups excluding tert-OH is 1. The topological polar surface area (TPSA) is 56.0 Å². The van der Waals surface area contributed by atoms with Gasteiger partial charge in [0.25, 0.3) is 0 Å². The van der Waals surface area contributed by atoms with Crippen LogP contribution in [0.5, 0.6) is 0 Å². The van der Waals surface area contributed by atoms with Gasteiger partial charge in [0.05, 0.1) is 6.61 Å². The monoisotopic (exact) mass is 168 g/mol. The fourth-order valence-corrected chi connectivity index (χ4v) is 1.92. The van der Waals surface area contributed by atoms with Gasteiger partial charge in [0.2, 0.25) is 0 Å². The number of rotatable bonds is 3. The van der Waals surface area contributed by atoms with Crippen LogP contribution in [0.15, 0.2) is 0 Å². The molecule has 0 aromatic rings. The van der Waals surface area contributed by atoms with Gasteiger partial charge in [-0.15, -0.1) is 0 Å². The van der Waals surface area contributed by atoms with E-state index in [1.54, 1.807) is 0 Å². The third-order valence-electron chi connectivity index (χ3n) is 2.79. The maximum absolute atomic E-state index is 9.22. The molecule has 0 radical (unpaired) electrons. The molecule has 0 atom stereocenters. The Labute approximate surface area is 73.4 Å². The first-order chi connectivity index (χ1) is 5.83. The van der Waals surface area contributed by atoms with Crippen LogP contribution in [0.1, 0.15) is 32.1 Å². The molecular weight excluding hydrogens is 152 g/mol. The molecule has 2 N–H and O–H groups in total. The van der Waals surface area contributed by atoms with Gasteiger partial charge in [-0.2, -0.15) is 5.26 Å². The number of hydrogen-bond donors (Lipinski definition) is 2. The van der Waals surface area contributed by atoms with Crippen molar-refractivity contribution in [2.24, 2.45) is 5.41 Å². The highest BCUT2D eigenvalue weighted by Gasteiger charge is 2.30. The molecule has 0 unspecified atom stereocenters. The first-order valence-electron chi connectivity index (χ1n) is 4.56. The first kappa shape index (κ1) is 9.34. The van der Waals surface area contributed by atoms with Crippen molar-refractivity contribution in [1.29, 1.82) is 5.26 Å². The van der Waals surface area contributed by atoms with Gasteiger partial charge in [-0.3, -0.25) is 0 Å². The van der Waals surface area contributed by atoms with E-state index in [-0.39, 0.29) is 12.0 Å². The quantitative estimate of drug-likeness (QED) is 0.488. The Balaban J connectivity index is 2.43. The van der Waals surface area contributed by atoms with Gasteiger partial charge in [-0.05, 0) is 12.8 Å². The zero-order valence-electron chi connectivity index (χ0n) is 7.34. The molecule has 0 amide bonds. The molecule has 3 nitrogen and oxygen atoms in total. The van der Waals surface area contributed by atoms with E-state index in [4.69, 9.17) is 5.26 Å². The highest BCUT2D eigenvalue weighted by molar-refractivity contribution is 4.86. The molecule has 0 spiro atoms. The molecule has 1 rings (SSSR count). The fraction of sp³-hybridized carbons (Fsp3) is 0.889. The van der Waals surface area contributed by atoms with Crippen LogP contribution in [0.3, 0.4) is 0 Å². The second-order valence-corrected chi connectivity index (χ2v) is 3.68. The number of aliphatic hydroxyl groups is 1. The van der Waals surface area contributed by atoms with Crippen LogP contribution in [0.2, 0.25) is 0 Å². The van der Waals surface area contributed by atoms with Crippen molar-refractivity contribution in [3.63, 3.8) is 0 Å². The number of nitriles is 1. The summed E-state index contributed by atoms with van der Waals surface area (Å²) in [6.07, 6.45) is 7.67. The largest absolute Gasteiger partial charge is 0.396 e. The van der Waals surface area contributed by atoms with Gasteiger partial charge in [0, 0.05) is 12.0 Å². The summed E-state index contributed by atoms with van der Waals surface area (Å²) in [5.74, 6) is 0. The van der Waals surface area contributed by atoms with Crippen LogP contribution < -0.4 is 5.32 Å². The summed E-state index contributed by atoms with van der Waals surface area (Å²) in [6.45, 7) is 0.849. The molecule has 0 heterocycles. The van der Waals surface area contributed by atoms with Crippen molar-refractivity contribution in [2.45, 2.75) is 32.1 Å². The molecule has 1 aliphatic carbocycles. The summed E-state index contributed by atoms with van der Waals surface area (Å²) in [7, 11) is 0. The molecule has 1 aliphatic rings. The zero-order valence-corrected chi connectivity index (χ0v) is 7.34. The van der Waals surface area contributed by atoms with E-state index < -0.39 is 0 Å². The molecule has 3 heteroatoms. The van der Waals surface area contributed by atoms with Crippen molar-refractivity contribution in [1.82, 2.24) is 5.32 Å². The van der Waals surface area contributed by atoms with Crippen LogP contribution in [-0.4, -0.2) is 18.3 Å². The normalized spacial score (nSPS) is 21.3. The summed E-state index contributed by atoms with van der Waals surface area (Å²) >= 11 is 0. The summed E-state index contributed by atoms with van der Waals surface area (Å²) < 4.78 is 0. The summed E-state index contributed by atoms with van der Waals surface area (Å²) in [5.41, 5.74) is -0.00597. The van der Waals surface area contributed by atoms with E-state index in [0.29, 0.717) is 6.54 Å². The minimum atomic E-state index is -0.00597. The lowest BCUT2D eigenvalue weighted by molar-refractivity contribution is 0.0852. The van der Waals surface area contributed by atoms with E-state index in [9.17, 15) is 5.11 Å². The van der Waals surface area contributed by atoms with Crippen LogP contribution in [0.25, 0.3) is 0 Å². The van der Waals surface area contributed by atoms with Gasteiger partial charge in [-0.25, -0.2) is 0 Å². The smallest absolute Gasteiger partial charge is 0.176 e. The van der Waals surface area contributed by atoms with Crippen molar-refractivity contribution in [3.8, 4) is 6.19 Å². The average Bonchev–Trinajstić information content (AvgIpc) is 2.16. The van der Waals surface area contributed by atoms with Crippen molar-refractivity contribution in [3.05, 3.63) is 0 Å². The van der Waals surface area contributed by atoms with E-state index in [1.165, 1.54) is 19.3 Å². The lowest BCUT2D eigenvalue weighted by atomic mass is 9.75. The molecule has 68 valence electrons. The SMILES string of the molecule is N#CNCC1(CO)CCCCC1. The summed E-state index contributed by atoms with van der Waals surface area (Å²) in [5, 5.41) is 20.2. The molecular formula is C9H16N2O. The molecule has 12 heavy (non-hydrogen) atoms. The Morgan fingerprint density at radius 3 is 2.50 bits per heavy atom. The Hall–Kier alpha value is -0.750. The predicted molar refractivity (Wildman–Crippen MR) is 46.2 cm³/mol. The number of hydrogen-bond acceptors (Lipinski definition) is 3. The van der Waals surface area contributed by atoms with Gasteiger partial charge in [0.1, 0.15) is 0 Å². The molecule has 0 bridgehead atoms.